The van der Waals surface area contributed by atoms with Crippen molar-refractivity contribution < 1.29 is 19.4 Å². The summed E-state index contributed by atoms with van der Waals surface area (Å²) in [5, 5.41) is 10.4. The first-order chi connectivity index (χ1) is 13.0. The number of ether oxygens (including phenoxy) is 2. The summed E-state index contributed by atoms with van der Waals surface area (Å²) in [5.74, 6) is 1.09. The Hall–Kier alpha value is -3.08. The Kier molecular flexibility index (Phi) is 5.60. The van der Waals surface area contributed by atoms with Crippen LogP contribution in [0.2, 0.25) is 0 Å². The third-order valence-corrected chi connectivity index (χ3v) is 4.74. The van der Waals surface area contributed by atoms with Crippen LogP contribution in [0.1, 0.15) is 29.9 Å². The molecular formula is C22H23NO4. The Bertz CT molecular complexity index is 897. The number of benzene rings is 2. The van der Waals surface area contributed by atoms with E-state index in [-0.39, 0.29) is 23.0 Å². The molecule has 0 aliphatic heterocycles. The van der Waals surface area contributed by atoms with E-state index in [2.05, 4.69) is 4.99 Å². The zero-order valence-electron chi connectivity index (χ0n) is 15.7. The maximum Gasteiger partial charge on any atom is 0.168 e. The molecule has 0 aromatic heterocycles. The molecule has 2 aromatic rings. The monoisotopic (exact) mass is 365 g/mol. The Balaban J connectivity index is 1.81. The van der Waals surface area contributed by atoms with Gasteiger partial charge in [0.1, 0.15) is 5.76 Å². The SMILES string of the molecule is COc1ccc(C2CC(=O)C(C=Nc3ccc(C)cc3)=C(O)C2)cc1OC. The largest absolute Gasteiger partial charge is 0.511 e. The van der Waals surface area contributed by atoms with Crippen molar-refractivity contribution in [3.05, 3.63) is 64.9 Å². The summed E-state index contributed by atoms with van der Waals surface area (Å²) in [4.78, 5) is 16.9. The van der Waals surface area contributed by atoms with E-state index in [1.54, 1.807) is 14.2 Å². The number of ketones is 1. The number of hydrogen-bond donors (Lipinski definition) is 1. The molecule has 0 heterocycles. The van der Waals surface area contributed by atoms with Gasteiger partial charge in [0.25, 0.3) is 0 Å². The first-order valence-corrected chi connectivity index (χ1v) is 8.79. The normalized spacial score (nSPS) is 17.4. The molecule has 1 aliphatic carbocycles. The quantitative estimate of drug-likeness (QED) is 0.782. The molecule has 0 saturated carbocycles. The molecule has 0 saturated heterocycles. The molecule has 3 rings (SSSR count). The second kappa shape index (κ2) is 8.08. The van der Waals surface area contributed by atoms with Crippen molar-refractivity contribution in [2.45, 2.75) is 25.7 Å². The zero-order chi connectivity index (χ0) is 19.4. The molecule has 5 nitrogen and oxygen atoms in total. The third kappa shape index (κ3) is 4.19. The molecule has 0 radical (unpaired) electrons. The number of allylic oxidation sites excluding steroid dienone is 2. The maximum absolute atomic E-state index is 12.6. The number of aryl methyl sites for hydroxylation is 1. The fraction of sp³-hybridized carbons (Fsp3) is 0.273. The van der Waals surface area contributed by atoms with Crippen LogP contribution >= 0.6 is 0 Å². The molecule has 1 N–H and O–H groups in total. The van der Waals surface area contributed by atoms with E-state index in [0.29, 0.717) is 24.3 Å². The Morgan fingerprint density at radius 2 is 1.74 bits per heavy atom. The van der Waals surface area contributed by atoms with Crippen LogP contribution in [0, 0.1) is 6.92 Å². The maximum atomic E-state index is 12.6. The second-order valence-corrected chi connectivity index (χ2v) is 6.60. The lowest BCUT2D eigenvalue weighted by Crippen LogP contribution is -2.19. The number of carbonyl (C=O) groups is 1. The lowest BCUT2D eigenvalue weighted by atomic mass is 9.83. The van der Waals surface area contributed by atoms with Crippen molar-refractivity contribution in [2.24, 2.45) is 4.99 Å². The number of hydrogen-bond acceptors (Lipinski definition) is 5. The smallest absolute Gasteiger partial charge is 0.168 e. The summed E-state index contributed by atoms with van der Waals surface area (Å²) in [7, 11) is 3.15. The van der Waals surface area contributed by atoms with Crippen molar-refractivity contribution in [3.63, 3.8) is 0 Å². The molecule has 0 amide bonds. The summed E-state index contributed by atoms with van der Waals surface area (Å²) < 4.78 is 10.6. The predicted molar refractivity (Wildman–Crippen MR) is 106 cm³/mol. The van der Waals surface area contributed by atoms with Crippen LogP contribution < -0.4 is 9.47 Å². The van der Waals surface area contributed by atoms with Gasteiger partial charge in [-0.15, -0.1) is 0 Å². The fourth-order valence-corrected chi connectivity index (χ4v) is 3.17. The summed E-state index contributed by atoms with van der Waals surface area (Å²) in [6.07, 6.45) is 2.17. The van der Waals surface area contributed by atoms with Crippen molar-refractivity contribution >= 4 is 17.7 Å². The lowest BCUT2D eigenvalue weighted by molar-refractivity contribution is -0.116. The number of Topliss-reactive ketones (excluding diaryl/α,β-unsaturated/α-hetero) is 1. The highest BCUT2D eigenvalue weighted by molar-refractivity contribution is 6.15. The van der Waals surface area contributed by atoms with Crippen LogP contribution in [0.4, 0.5) is 5.69 Å². The number of aliphatic imine (C=N–C) groups is 1. The molecule has 1 atom stereocenters. The number of aliphatic hydroxyl groups is 1. The van der Waals surface area contributed by atoms with Gasteiger partial charge in [0.2, 0.25) is 0 Å². The average molecular weight is 365 g/mol. The van der Waals surface area contributed by atoms with Gasteiger partial charge in [0.15, 0.2) is 17.3 Å². The standard InChI is InChI=1S/C22H23NO4/c1-14-4-7-17(8-5-14)23-13-18-19(24)10-16(11-20(18)25)15-6-9-21(26-2)22(12-15)27-3/h4-9,12-13,16,24H,10-11H2,1-3H3. The molecule has 0 bridgehead atoms. The van der Waals surface area contributed by atoms with Crippen LogP contribution in [-0.2, 0) is 4.79 Å². The summed E-state index contributed by atoms with van der Waals surface area (Å²) in [6, 6.07) is 13.2. The van der Waals surface area contributed by atoms with Gasteiger partial charge in [-0.1, -0.05) is 23.8 Å². The lowest BCUT2D eigenvalue weighted by Gasteiger charge is -2.23. The van der Waals surface area contributed by atoms with E-state index in [1.165, 1.54) is 6.21 Å². The minimum atomic E-state index is -0.116. The third-order valence-electron chi connectivity index (χ3n) is 4.74. The van der Waals surface area contributed by atoms with Crippen molar-refractivity contribution in [3.8, 4) is 11.5 Å². The molecule has 2 aromatic carbocycles. The van der Waals surface area contributed by atoms with Crippen LogP contribution in [-0.4, -0.2) is 31.3 Å². The van der Waals surface area contributed by atoms with Crippen LogP contribution in [0.3, 0.4) is 0 Å². The number of nitrogens with zero attached hydrogens (tertiary/aromatic N) is 1. The van der Waals surface area contributed by atoms with Gasteiger partial charge in [-0.05, 0) is 42.7 Å². The zero-order valence-corrected chi connectivity index (χ0v) is 15.7. The van der Waals surface area contributed by atoms with Crippen LogP contribution in [0.25, 0.3) is 0 Å². The highest BCUT2D eigenvalue weighted by atomic mass is 16.5. The summed E-state index contributed by atoms with van der Waals surface area (Å²) in [6.45, 7) is 2.00. The second-order valence-electron chi connectivity index (χ2n) is 6.60. The molecule has 140 valence electrons. The molecule has 27 heavy (non-hydrogen) atoms. The number of aliphatic hydroxyl groups excluding tert-OH is 1. The molecule has 1 aliphatic rings. The van der Waals surface area contributed by atoms with Crippen molar-refractivity contribution in [1.82, 2.24) is 0 Å². The van der Waals surface area contributed by atoms with Gasteiger partial charge in [0, 0.05) is 19.1 Å². The van der Waals surface area contributed by atoms with Gasteiger partial charge in [-0.3, -0.25) is 9.79 Å². The van der Waals surface area contributed by atoms with E-state index >= 15 is 0 Å². The van der Waals surface area contributed by atoms with Gasteiger partial charge in [-0.25, -0.2) is 0 Å². The van der Waals surface area contributed by atoms with E-state index < -0.39 is 0 Å². The Morgan fingerprint density at radius 1 is 1.04 bits per heavy atom. The first kappa shape index (κ1) is 18.7. The average Bonchev–Trinajstić information content (AvgIpc) is 2.68. The molecule has 0 spiro atoms. The number of rotatable bonds is 5. The molecular weight excluding hydrogens is 342 g/mol. The Labute approximate surface area is 159 Å². The van der Waals surface area contributed by atoms with Crippen LogP contribution in [0.5, 0.6) is 11.5 Å². The summed E-state index contributed by atoms with van der Waals surface area (Å²) >= 11 is 0. The van der Waals surface area contributed by atoms with E-state index in [9.17, 15) is 9.90 Å². The fourth-order valence-electron chi connectivity index (χ4n) is 3.17. The minimum absolute atomic E-state index is 0.0712. The van der Waals surface area contributed by atoms with Crippen molar-refractivity contribution in [2.75, 3.05) is 14.2 Å². The minimum Gasteiger partial charge on any atom is -0.511 e. The number of methoxy groups -OCH3 is 2. The predicted octanol–water partition coefficient (Wildman–Crippen LogP) is 4.67. The van der Waals surface area contributed by atoms with E-state index in [4.69, 9.17) is 9.47 Å². The topological polar surface area (TPSA) is 68.1 Å². The van der Waals surface area contributed by atoms with Gasteiger partial charge < -0.3 is 14.6 Å². The highest BCUT2D eigenvalue weighted by Crippen LogP contribution is 2.37. The van der Waals surface area contributed by atoms with Crippen LogP contribution in [0.15, 0.2) is 58.8 Å². The van der Waals surface area contributed by atoms with Gasteiger partial charge in [0.05, 0.1) is 25.5 Å². The Morgan fingerprint density at radius 3 is 2.37 bits per heavy atom. The van der Waals surface area contributed by atoms with Gasteiger partial charge in [-0.2, -0.15) is 0 Å². The molecule has 5 heteroatoms. The first-order valence-electron chi connectivity index (χ1n) is 8.79. The van der Waals surface area contributed by atoms with E-state index in [0.717, 1.165) is 16.8 Å². The molecule has 1 unspecified atom stereocenters. The highest BCUT2D eigenvalue weighted by Gasteiger charge is 2.28. The van der Waals surface area contributed by atoms with E-state index in [1.807, 2.05) is 49.4 Å². The number of carbonyl (C=O) groups excluding carboxylic acids is 1. The van der Waals surface area contributed by atoms with Crippen molar-refractivity contribution in [1.29, 1.82) is 0 Å². The summed E-state index contributed by atoms with van der Waals surface area (Å²) in [5.41, 5.74) is 3.10. The van der Waals surface area contributed by atoms with Gasteiger partial charge >= 0.3 is 0 Å². The molecule has 0 fully saturated rings.